The van der Waals surface area contributed by atoms with Gasteiger partial charge in [0.1, 0.15) is 22.9 Å². The van der Waals surface area contributed by atoms with E-state index in [0.717, 1.165) is 11.1 Å². The van der Waals surface area contributed by atoms with Crippen LogP contribution in [0.4, 0.5) is 14.6 Å². The Morgan fingerprint density at radius 3 is 2.43 bits per heavy atom. The van der Waals surface area contributed by atoms with Crippen LogP contribution in [-0.4, -0.2) is 10.9 Å². The third-order valence-corrected chi connectivity index (χ3v) is 4.50. The Kier molecular flexibility index (Phi) is 5.18. The molecule has 0 spiro atoms. The van der Waals surface area contributed by atoms with Crippen LogP contribution in [0.5, 0.6) is 11.5 Å². The Labute approximate surface area is 171 Å². The standard InChI is InChI=1S/C23H18F2N2O3/c1-13-3-6-16(7-4-13)29-18-9-15(10-19-17(18)11-20(30-19)22(24)25)23(28)27-21-8-5-14(2)12-26-21/h3-12,22H,1-2H3,(H,26,27,28). The number of nitrogens with zero attached hydrogens (tertiary/aromatic N) is 1. The van der Waals surface area contributed by atoms with Gasteiger partial charge in [-0.25, -0.2) is 13.8 Å². The van der Waals surface area contributed by atoms with Crippen molar-refractivity contribution in [1.29, 1.82) is 0 Å². The fourth-order valence-corrected chi connectivity index (χ4v) is 2.91. The van der Waals surface area contributed by atoms with Gasteiger partial charge in [0.2, 0.25) is 0 Å². The second-order valence-corrected chi connectivity index (χ2v) is 6.93. The average molecular weight is 408 g/mol. The van der Waals surface area contributed by atoms with Gasteiger partial charge in [-0.15, -0.1) is 0 Å². The fraction of sp³-hybridized carbons (Fsp3) is 0.130. The van der Waals surface area contributed by atoms with Crippen LogP contribution in [0.25, 0.3) is 11.0 Å². The Bertz CT molecular complexity index is 1200. The molecule has 0 saturated carbocycles. The molecule has 0 fully saturated rings. The highest BCUT2D eigenvalue weighted by Crippen LogP contribution is 2.36. The van der Waals surface area contributed by atoms with Gasteiger partial charge >= 0.3 is 0 Å². The van der Waals surface area contributed by atoms with Crippen LogP contribution in [0.2, 0.25) is 0 Å². The summed E-state index contributed by atoms with van der Waals surface area (Å²) in [5.41, 5.74) is 2.34. The summed E-state index contributed by atoms with van der Waals surface area (Å²) in [5.74, 6) is 0.182. The number of halogens is 2. The molecule has 0 aliphatic carbocycles. The minimum atomic E-state index is -2.78. The number of anilines is 1. The lowest BCUT2D eigenvalue weighted by Gasteiger charge is -2.10. The highest BCUT2D eigenvalue weighted by Gasteiger charge is 2.20. The molecule has 0 saturated heterocycles. The van der Waals surface area contributed by atoms with Crippen LogP contribution in [-0.2, 0) is 0 Å². The molecule has 4 rings (SSSR count). The molecule has 0 unspecified atom stereocenters. The molecule has 2 aromatic carbocycles. The zero-order valence-electron chi connectivity index (χ0n) is 16.3. The van der Waals surface area contributed by atoms with Gasteiger partial charge in [0.05, 0.1) is 5.39 Å². The number of ether oxygens (including phenoxy) is 1. The minimum Gasteiger partial charge on any atom is -0.457 e. The van der Waals surface area contributed by atoms with Gasteiger partial charge in [0.15, 0.2) is 5.76 Å². The monoisotopic (exact) mass is 408 g/mol. The summed E-state index contributed by atoms with van der Waals surface area (Å²) in [6.45, 7) is 3.83. The molecule has 152 valence electrons. The van der Waals surface area contributed by atoms with Gasteiger partial charge in [0.25, 0.3) is 12.3 Å². The largest absolute Gasteiger partial charge is 0.457 e. The van der Waals surface area contributed by atoms with Gasteiger partial charge in [0, 0.05) is 11.8 Å². The first-order valence-electron chi connectivity index (χ1n) is 9.23. The smallest absolute Gasteiger partial charge is 0.295 e. The number of aryl methyl sites for hydroxylation is 2. The Morgan fingerprint density at radius 2 is 1.77 bits per heavy atom. The number of pyridine rings is 1. The summed E-state index contributed by atoms with van der Waals surface area (Å²) in [6.07, 6.45) is -1.15. The second-order valence-electron chi connectivity index (χ2n) is 6.93. The van der Waals surface area contributed by atoms with E-state index in [4.69, 9.17) is 9.15 Å². The molecule has 2 heterocycles. The summed E-state index contributed by atoms with van der Waals surface area (Å²) in [7, 11) is 0. The van der Waals surface area contributed by atoms with Crippen LogP contribution in [0.15, 0.2) is 65.2 Å². The van der Waals surface area contributed by atoms with Gasteiger partial charge in [-0.3, -0.25) is 4.79 Å². The Morgan fingerprint density at radius 1 is 1.03 bits per heavy atom. The summed E-state index contributed by atoms with van der Waals surface area (Å²) in [6, 6.07) is 14.9. The maximum absolute atomic E-state index is 13.2. The summed E-state index contributed by atoms with van der Waals surface area (Å²) in [4.78, 5) is 16.9. The van der Waals surface area contributed by atoms with Crippen LogP contribution >= 0.6 is 0 Å². The Balaban J connectivity index is 1.73. The number of amides is 1. The molecule has 5 nitrogen and oxygen atoms in total. The molecule has 1 N–H and O–H groups in total. The first kappa shape index (κ1) is 19.6. The lowest BCUT2D eigenvalue weighted by Crippen LogP contribution is -2.13. The maximum Gasteiger partial charge on any atom is 0.295 e. The number of carbonyl (C=O) groups is 1. The lowest BCUT2D eigenvalue weighted by atomic mass is 10.1. The van der Waals surface area contributed by atoms with Crippen molar-refractivity contribution in [2.45, 2.75) is 20.3 Å². The zero-order valence-corrected chi connectivity index (χ0v) is 16.3. The number of nitrogens with one attached hydrogen (secondary N) is 1. The van der Waals surface area contributed by atoms with Crippen LogP contribution in [0, 0.1) is 13.8 Å². The molecule has 0 aliphatic heterocycles. The predicted molar refractivity (Wildman–Crippen MR) is 109 cm³/mol. The summed E-state index contributed by atoms with van der Waals surface area (Å²) < 4.78 is 37.5. The molecular weight excluding hydrogens is 390 g/mol. The van der Waals surface area contributed by atoms with E-state index in [1.165, 1.54) is 18.2 Å². The number of aromatic nitrogens is 1. The van der Waals surface area contributed by atoms with Crippen molar-refractivity contribution in [1.82, 2.24) is 4.98 Å². The van der Waals surface area contributed by atoms with E-state index in [1.807, 2.05) is 32.0 Å². The van der Waals surface area contributed by atoms with Gasteiger partial charge in [-0.2, -0.15) is 0 Å². The molecule has 0 atom stereocenters. The first-order chi connectivity index (χ1) is 14.4. The third kappa shape index (κ3) is 4.15. The van der Waals surface area contributed by atoms with Crippen LogP contribution in [0.3, 0.4) is 0 Å². The molecule has 0 radical (unpaired) electrons. The van der Waals surface area contributed by atoms with E-state index in [1.54, 1.807) is 24.4 Å². The number of furan rings is 1. The number of benzene rings is 2. The van der Waals surface area contributed by atoms with Crippen molar-refractivity contribution >= 4 is 22.7 Å². The molecule has 7 heteroatoms. The van der Waals surface area contributed by atoms with E-state index < -0.39 is 18.1 Å². The van der Waals surface area contributed by atoms with E-state index in [9.17, 15) is 13.6 Å². The van der Waals surface area contributed by atoms with E-state index >= 15 is 0 Å². The van der Waals surface area contributed by atoms with Crippen LogP contribution in [0.1, 0.15) is 33.7 Å². The van der Waals surface area contributed by atoms with Crippen molar-refractivity contribution in [2.75, 3.05) is 5.32 Å². The van der Waals surface area contributed by atoms with Crippen molar-refractivity contribution < 1.29 is 22.7 Å². The van der Waals surface area contributed by atoms with E-state index in [-0.39, 0.29) is 16.9 Å². The second kappa shape index (κ2) is 7.94. The molecule has 4 aromatic rings. The quantitative estimate of drug-likeness (QED) is 0.413. The molecule has 0 aliphatic rings. The molecule has 30 heavy (non-hydrogen) atoms. The van der Waals surface area contributed by atoms with Gasteiger partial charge in [-0.1, -0.05) is 23.8 Å². The third-order valence-electron chi connectivity index (χ3n) is 4.50. The van der Waals surface area contributed by atoms with E-state index in [0.29, 0.717) is 17.0 Å². The molecular formula is C23H18F2N2O3. The van der Waals surface area contributed by atoms with Crippen molar-refractivity contribution in [3.63, 3.8) is 0 Å². The number of alkyl halides is 2. The lowest BCUT2D eigenvalue weighted by molar-refractivity contribution is 0.102. The highest BCUT2D eigenvalue weighted by molar-refractivity contribution is 6.06. The number of carbonyl (C=O) groups excluding carboxylic acids is 1. The van der Waals surface area contributed by atoms with Crippen molar-refractivity contribution in [3.8, 4) is 11.5 Å². The van der Waals surface area contributed by atoms with Gasteiger partial charge < -0.3 is 14.5 Å². The SMILES string of the molecule is Cc1ccc(Oc2cc(C(=O)Nc3ccc(C)cn3)cc3oc(C(F)F)cc23)cc1. The van der Waals surface area contributed by atoms with Crippen molar-refractivity contribution in [3.05, 3.63) is 83.2 Å². The molecule has 1 amide bonds. The number of fused-ring (bicyclic) bond motifs is 1. The van der Waals surface area contributed by atoms with Crippen LogP contribution < -0.4 is 10.1 Å². The zero-order chi connectivity index (χ0) is 21.3. The first-order valence-corrected chi connectivity index (χ1v) is 9.23. The fourth-order valence-electron chi connectivity index (χ4n) is 2.91. The molecule has 2 aromatic heterocycles. The number of hydrogen-bond acceptors (Lipinski definition) is 4. The highest BCUT2D eigenvalue weighted by atomic mass is 19.3. The molecule has 0 bridgehead atoms. The number of hydrogen-bond donors (Lipinski definition) is 1. The summed E-state index contributed by atoms with van der Waals surface area (Å²) >= 11 is 0. The van der Waals surface area contributed by atoms with Crippen molar-refractivity contribution in [2.24, 2.45) is 0 Å². The normalized spacial score (nSPS) is 11.1. The van der Waals surface area contributed by atoms with Gasteiger partial charge in [-0.05, 0) is 55.8 Å². The topological polar surface area (TPSA) is 64.4 Å². The number of rotatable bonds is 5. The maximum atomic E-state index is 13.2. The minimum absolute atomic E-state index is 0.136. The Hall–Kier alpha value is -3.74. The van der Waals surface area contributed by atoms with E-state index in [2.05, 4.69) is 10.3 Å². The predicted octanol–water partition coefficient (Wildman–Crippen LogP) is 6.43. The average Bonchev–Trinajstić information content (AvgIpc) is 3.16. The summed E-state index contributed by atoms with van der Waals surface area (Å²) in [5, 5.41) is 3.04.